The van der Waals surface area contributed by atoms with Gasteiger partial charge in [-0.3, -0.25) is 0 Å². The highest BCUT2D eigenvalue weighted by atomic mass is 19.2. The summed E-state index contributed by atoms with van der Waals surface area (Å²) < 4.78 is 36.3. The second-order valence-corrected chi connectivity index (χ2v) is 12.2. The number of benzene rings is 2. The third kappa shape index (κ3) is 8.06. The van der Waals surface area contributed by atoms with Crippen LogP contribution in [0.3, 0.4) is 0 Å². The number of unbranched alkanes of at least 4 members (excludes halogenated alkanes) is 3. The maximum absolute atomic E-state index is 15.2. The fourth-order valence-electron chi connectivity index (χ4n) is 6.93. The second kappa shape index (κ2) is 15.0. The van der Waals surface area contributed by atoms with Crippen molar-refractivity contribution in [3.8, 4) is 16.9 Å². The van der Waals surface area contributed by atoms with Crippen molar-refractivity contribution in [3.63, 3.8) is 0 Å². The van der Waals surface area contributed by atoms with Crippen LogP contribution in [0.4, 0.5) is 8.78 Å². The van der Waals surface area contributed by atoms with Gasteiger partial charge in [0.2, 0.25) is 0 Å². The smallest absolute Gasteiger partial charge is 0.166 e. The largest absolute Gasteiger partial charge is 0.494 e. The van der Waals surface area contributed by atoms with E-state index in [4.69, 9.17) is 4.74 Å². The molecule has 1 nitrogen and oxygen atoms in total. The van der Waals surface area contributed by atoms with Gasteiger partial charge in [0.05, 0.1) is 6.61 Å². The van der Waals surface area contributed by atoms with Crippen LogP contribution in [0.25, 0.3) is 11.1 Å². The fourth-order valence-corrected chi connectivity index (χ4v) is 6.93. The van der Waals surface area contributed by atoms with Crippen LogP contribution < -0.4 is 4.74 Å². The van der Waals surface area contributed by atoms with Crippen LogP contribution in [0.5, 0.6) is 5.75 Å². The summed E-state index contributed by atoms with van der Waals surface area (Å²) >= 11 is 0. The van der Waals surface area contributed by atoms with Crippen LogP contribution in [0.2, 0.25) is 0 Å². The zero-order chi connectivity index (χ0) is 26.7. The van der Waals surface area contributed by atoms with E-state index in [0.29, 0.717) is 23.3 Å². The van der Waals surface area contributed by atoms with E-state index in [-0.39, 0.29) is 5.92 Å². The lowest BCUT2D eigenvalue weighted by Gasteiger charge is -2.29. The molecule has 0 aliphatic heterocycles. The van der Waals surface area contributed by atoms with Crippen molar-refractivity contribution < 1.29 is 13.5 Å². The Morgan fingerprint density at radius 2 is 1.26 bits per heavy atom. The lowest BCUT2D eigenvalue weighted by Crippen LogP contribution is -2.15. The molecular formula is C35H50F2O. The molecule has 0 atom stereocenters. The van der Waals surface area contributed by atoms with Gasteiger partial charge in [0.25, 0.3) is 0 Å². The molecule has 2 fully saturated rings. The minimum atomic E-state index is -0.714. The SMILES string of the molecule is CCCCCC1CCC(c2ccc(-c3ccc(OCCCCC4CCC(CC)CC4)cc3)c(F)c2F)CC1. The van der Waals surface area contributed by atoms with Crippen molar-refractivity contribution in [2.75, 3.05) is 6.61 Å². The molecule has 0 heterocycles. The van der Waals surface area contributed by atoms with Crippen molar-refractivity contribution in [2.45, 2.75) is 122 Å². The van der Waals surface area contributed by atoms with Crippen molar-refractivity contribution in [3.05, 3.63) is 53.6 Å². The first kappa shape index (κ1) is 29.1. The highest BCUT2D eigenvalue weighted by Gasteiger charge is 2.26. The second-order valence-electron chi connectivity index (χ2n) is 12.2. The van der Waals surface area contributed by atoms with Gasteiger partial charge >= 0.3 is 0 Å². The minimum Gasteiger partial charge on any atom is -0.494 e. The summed E-state index contributed by atoms with van der Waals surface area (Å²) in [6.07, 6.45) is 19.9. The summed E-state index contributed by atoms with van der Waals surface area (Å²) in [5, 5.41) is 0. The zero-order valence-electron chi connectivity index (χ0n) is 24.0. The van der Waals surface area contributed by atoms with Crippen LogP contribution in [-0.4, -0.2) is 6.61 Å². The molecule has 0 N–H and O–H groups in total. The van der Waals surface area contributed by atoms with E-state index in [9.17, 15) is 0 Å². The maximum atomic E-state index is 15.2. The number of hydrogen-bond donors (Lipinski definition) is 0. The first-order valence-electron chi connectivity index (χ1n) is 15.8. The van der Waals surface area contributed by atoms with Crippen LogP contribution in [0.15, 0.2) is 36.4 Å². The highest BCUT2D eigenvalue weighted by molar-refractivity contribution is 5.65. The lowest BCUT2D eigenvalue weighted by molar-refractivity contribution is 0.244. The van der Waals surface area contributed by atoms with Crippen LogP contribution in [0.1, 0.15) is 128 Å². The van der Waals surface area contributed by atoms with E-state index in [1.165, 1.54) is 70.6 Å². The topological polar surface area (TPSA) is 9.23 Å². The molecule has 0 radical (unpaired) electrons. The van der Waals surface area contributed by atoms with Gasteiger partial charge in [0, 0.05) is 5.56 Å². The van der Waals surface area contributed by atoms with Crippen LogP contribution >= 0.6 is 0 Å². The molecule has 2 saturated carbocycles. The summed E-state index contributed by atoms with van der Waals surface area (Å²) in [6, 6.07) is 11.1. The van der Waals surface area contributed by atoms with Gasteiger partial charge in [-0.1, -0.05) is 102 Å². The predicted molar refractivity (Wildman–Crippen MR) is 156 cm³/mol. The summed E-state index contributed by atoms with van der Waals surface area (Å²) in [4.78, 5) is 0. The van der Waals surface area contributed by atoms with Crippen molar-refractivity contribution in [1.29, 1.82) is 0 Å². The quantitative estimate of drug-likeness (QED) is 0.237. The molecule has 0 saturated heterocycles. The third-order valence-electron chi connectivity index (χ3n) is 9.60. The fraction of sp³-hybridized carbons (Fsp3) is 0.657. The molecule has 0 amide bonds. The van der Waals surface area contributed by atoms with Gasteiger partial charge in [-0.2, -0.15) is 0 Å². The van der Waals surface area contributed by atoms with E-state index < -0.39 is 11.6 Å². The summed E-state index contributed by atoms with van der Waals surface area (Å²) in [6.45, 7) is 5.27. The molecule has 2 aromatic rings. The molecule has 4 rings (SSSR count). The molecule has 0 aromatic heterocycles. The Labute approximate surface area is 230 Å². The highest BCUT2D eigenvalue weighted by Crippen LogP contribution is 2.40. The molecule has 210 valence electrons. The molecule has 3 heteroatoms. The van der Waals surface area contributed by atoms with Gasteiger partial charge in [-0.25, -0.2) is 8.78 Å². The Bertz CT molecular complexity index is 953. The van der Waals surface area contributed by atoms with Crippen LogP contribution in [0, 0.1) is 29.4 Å². The molecule has 0 spiro atoms. The Balaban J connectivity index is 1.23. The minimum absolute atomic E-state index is 0.142. The summed E-state index contributed by atoms with van der Waals surface area (Å²) in [5.41, 5.74) is 1.60. The van der Waals surface area contributed by atoms with Gasteiger partial charge < -0.3 is 4.74 Å². The summed E-state index contributed by atoms with van der Waals surface area (Å²) in [5.74, 6) is 2.20. The Kier molecular flexibility index (Phi) is 11.5. The summed E-state index contributed by atoms with van der Waals surface area (Å²) in [7, 11) is 0. The standard InChI is InChI=1S/C35H50F2O/c1-3-5-6-9-28-15-17-29(18-16-28)32-23-24-33(35(37)34(32)36)30-19-21-31(22-20-30)38-25-8-7-10-27-13-11-26(4-2)12-14-27/h19-24,26-29H,3-18,25H2,1-2H3. The Hall–Kier alpha value is -1.90. The molecule has 2 aromatic carbocycles. The number of ether oxygens (including phenoxy) is 1. The van der Waals surface area contributed by atoms with E-state index in [0.717, 1.165) is 55.6 Å². The van der Waals surface area contributed by atoms with Gasteiger partial charge in [0.1, 0.15) is 5.75 Å². The molecule has 38 heavy (non-hydrogen) atoms. The molecule has 0 unspecified atom stereocenters. The molecular weight excluding hydrogens is 474 g/mol. The number of rotatable bonds is 13. The van der Waals surface area contributed by atoms with Gasteiger partial charge in [-0.05, 0) is 85.5 Å². The van der Waals surface area contributed by atoms with E-state index in [1.807, 2.05) is 30.3 Å². The predicted octanol–water partition coefficient (Wildman–Crippen LogP) is 11.3. The first-order valence-corrected chi connectivity index (χ1v) is 15.8. The van der Waals surface area contributed by atoms with E-state index >= 15 is 8.78 Å². The zero-order valence-corrected chi connectivity index (χ0v) is 24.0. The van der Waals surface area contributed by atoms with E-state index in [2.05, 4.69) is 13.8 Å². The third-order valence-corrected chi connectivity index (χ3v) is 9.60. The van der Waals surface area contributed by atoms with Gasteiger partial charge in [-0.15, -0.1) is 0 Å². The van der Waals surface area contributed by atoms with Crippen molar-refractivity contribution in [1.82, 2.24) is 0 Å². The number of hydrogen-bond acceptors (Lipinski definition) is 1. The van der Waals surface area contributed by atoms with Crippen molar-refractivity contribution >= 4 is 0 Å². The Morgan fingerprint density at radius 1 is 0.658 bits per heavy atom. The monoisotopic (exact) mass is 524 g/mol. The average Bonchev–Trinajstić information content (AvgIpc) is 2.96. The van der Waals surface area contributed by atoms with Crippen LogP contribution in [-0.2, 0) is 0 Å². The van der Waals surface area contributed by atoms with Gasteiger partial charge in [0.15, 0.2) is 11.6 Å². The van der Waals surface area contributed by atoms with Crippen molar-refractivity contribution in [2.24, 2.45) is 17.8 Å². The lowest BCUT2D eigenvalue weighted by atomic mass is 9.76. The van der Waals surface area contributed by atoms with E-state index in [1.54, 1.807) is 6.07 Å². The molecule has 2 aliphatic rings. The Morgan fingerprint density at radius 3 is 1.89 bits per heavy atom. The molecule has 0 bridgehead atoms. The maximum Gasteiger partial charge on any atom is 0.166 e. The first-order chi connectivity index (χ1) is 18.6. The molecule has 2 aliphatic carbocycles. The normalized spacial score (nSPS) is 23.9. The number of halogens is 2. The average molecular weight is 525 g/mol.